The number of ether oxygens (including phenoxy) is 1. The molecule has 0 fully saturated rings. The van der Waals surface area contributed by atoms with Crippen molar-refractivity contribution in [3.8, 4) is 0 Å². The molecule has 0 radical (unpaired) electrons. The predicted molar refractivity (Wildman–Crippen MR) is 61.0 cm³/mol. The quantitative estimate of drug-likeness (QED) is 0.419. The summed E-state index contributed by atoms with van der Waals surface area (Å²) >= 11 is 0. The number of rotatable bonds is 6. The van der Waals surface area contributed by atoms with Gasteiger partial charge in [0.05, 0.1) is 7.11 Å². The van der Waals surface area contributed by atoms with Crippen molar-refractivity contribution in [1.29, 1.82) is 0 Å². The highest BCUT2D eigenvalue weighted by molar-refractivity contribution is 6.33. The number of carbonyl (C=O) groups excluding carboxylic acids is 2. The van der Waals surface area contributed by atoms with E-state index in [1.54, 1.807) is 0 Å². The summed E-state index contributed by atoms with van der Waals surface area (Å²) in [6.07, 6.45) is 2.85. The zero-order chi connectivity index (χ0) is 11.8. The second kappa shape index (κ2) is 6.77. The monoisotopic (exact) mass is 220 g/mol. The third kappa shape index (κ3) is 4.26. The summed E-state index contributed by atoms with van der Waals surface area (Å²) in [6, 6.07) is 10.1. The van der Waals surface area contributed by atoms with Gasteiger partial charge in [-0.1, -0.05) is 30.3 Å². The smallest absolute Gasteiger partial charge is 0.374 e. The molecule has 86 valence electrons. The van der Waals surface area contributed by atoms with Gasteiger partial charge in [-0.15, -0.1) is 0 Å². The minimum Gasteiger partial charge on any atom is -0.463 e. The van der Waals surface area contributed by atoms with Crippen LogP contribution in [0.5, 0.6) is 0 Å². The Balaban J connectivity index is 2.17. The predicted octanol–water partition coefficient (Wildman–Crippen LogP) is 2.14. The molecule has 1 aromatic carbocycles. The van der Waals surface area contributed by atoms with Gasteiger partial charge >= 0.3 is 5.97 Å². The fourth-order valence-corrected chi connectivity index (χ4v) is 1.48. The average Bonchev–Trinajstić information content (AvgIpc) is 2.34. The Morgan fingerprint density at radius 3 is 2.44 bits per heavy atom. The molecule has 0 heterocycles. The summed E-state index contributed by atoms with van der Waals surface area (Å²) in [4.78, 5) is 21.9. The number of unbranched alkanes of at least 4 members (excludes halogenated alkanes) is 1. The lowest BCUT2D eigenvalue weighted by molar-refractivity contribution is -0.151. The van der Waals surface area contributed by atoms with Gasteiger partial charge in [0.1, 0.15) is 0 Å². The summed E-state index contributed by atoms with van der Waals surface area (Å²) in [5.74, 6) is -1.17. The molecule has 0 aromatic heterocycles. The first kappa shape index (κ1) is 12.4. The molecule has 16 heavy (non-hydrogen) atoms. The van der Waals surface area contributed by atoms with Crippen LogP contribution in [0.1, 0.15) is 24.8 Å². The molecule has 0 aliphatic heterocycles. The molecule has 1 aromatic rings. The second-order valence-electron chi connectivity index (χ2n) is 3.61. The van der Waals surface area contributed by atoms with Gasteiger partial charge in [0.25, 0.3) is 0 Å². The fraction of sp³-hybridized carbons (Fsp3) is 0.385. The Hall–Kier alpha value is -1.64. The van der Waals surface area contributed by atoms with E-state index in [1.807, 2.05) is 18.2 Å². The maximum Gasteiger partial charge on any atom is 0.374 e. The van der Waals surface area contributed by atoms with Crippen LogP contribution in [0.4, 0.5) is 0 Å². The molecule has 0 aliphatic rings. The number of carbonyl (C=O) groups is 2. The molecule has 0 N–H and O–H groups in total. The number of hydrogen-bond acceptors (Lipinski definition) is 3. The van der Waals surface area contributed by atoms with Gasteiger partial charge in [-0.2, -0.15) is 0 Å². The van der Waals surface area contributed by atoms with Gasteiger partial charge in [0.2, 0.25) is 5.78 Å². The molecule has 0 saturated heterocycles. The summed E-state index contributed by atoms with van der Waals surface area (Å²) in [7, 11) is 1.23. The zero-order valence-corrected chi connectivity index (χ0v) is 9.44. The van der Waals surface area contributed by atoms with Crippen molar-refractivity contribution >= 4 is 11.8 Å². The molecule has 0 bridgehead atoms. The van der Waals surface area contributed by atoms with Crippen LogP contribution in [0, 0.1) is 0 Å². The van der Waals surface area contributed by atoms with E-state index in [9.17, 15) is 9.59 Å². The lowest BCUT2D eigenvalue weighted by Gasteiger charge is -2.00. The summed E-state index contributed by atoms with van der Waals surface area (Å²) in [6.45, 7) is 0. The van der Waals surface area contributed by atoms with Crippen molar-refractivity contribution < 1.29 is 14.3 Å². The molecule has 0 amide bonds. The maximum absolute atomic E-state index is 11.1. The Bertz CT molecular complexity index is 343. The Labute approximate surface area is 95.4 Å². The molecule has 0 unspecified atom stereocenters. The molecule has 0 aliphatic carbocycles. The molecule has 0 spiro atoms. The van der Waals surface area contributed by atoms with Crippen LogP contribution in [0.15, 0.2) is 30.3 Å². The van der Waals surface area contributed by atoms with E-state index in [1.165, 1.54) is 12.7 Å². The van der Waals surface area contributed by atoms with Crippen LogP contribution in [-0.2, 0) is 20.7 Å². The molecule has 1 rings (SSSR count). The number of ketones is 1. The van der Waals surface area contributed by atoms with Gasteiger partial charge < -0.3 is 4.74 Å². The Morgan fingerprint density at radius 2 is 1.81 bits per heavy atom. The number of aryl methyl sites for hydroxylation is 1. The largest absolute Gasteiger partial charge is 0.463 e. The van der Waals surface area contributed by atoms with Crippen molar-refractivity contribution in [3.63, 3.8) is 0 Å². The van der Waals surface area contributed by atoms with Gasteiger partial charge in [-0.05, 0) is 24.8 Å². The van der Waals surface area contributed by atoms with Gasteiger partial charge in [-0.25, -0.2) is 4.79 Å². The number of methoxy groups -OCH3 is 1. The summed E-state index contributed by atoms with van der Waals surface area (Å²) in [5.41, 5.74) is 1.26. The van der Waals surface area contributed by atoms with Gasteiger partial charge in [0.15, 0.2) is 0 Å². The standard InChI is InChI=1S/C13H16O3/c1-16-13(15)12(14)10-6-5-9-11-7-3-2-4-8-11/h2-4,7-8H,5-6,9-10H2,1H3. The van der Waals surface area contributed by atoms with Crippen LogP contribution < -0.4 is 0 Å². The first-order valence-corrected chi connectivity index (χ1v) is 5.39. The highest BCUT2D eigenvalue weighted by atomic mass is 16.5. The van der Waals surface area contributed by atoms with Crippen molar-refractivity contribution in [2.75, 3.05) is 7.11 Å². The maximum atomic E-state index is 11.1. The van der Waals surface area contributed by atoms with Gasteiger partial charge in [0, 0.05) is 6.42 Å². The molecular formula is C13H16O3. The van der Waals surface area contributed by atoms with E-state index in [0.29, 0.717) is 0 Å². The van der Waals surface area contributed by atoms with Crippen LogP contribution in [0.3, 0.4) is 0 Å². The van der Waals surface area contributed by atoms with Crippen molar-refractivity contribution in [1.82, 2.24) is 0 Å². The normalized spacial score (nSPS) is 9.81. The molecule has 0 atom stereocenters. The Morgan fingerprint density at radius 1 is 1.12 bits per heavy atom. The van der Waals surface area contributed by atoms with Crippen molar-refractivity contribution in [2.45, 2.75) is 25.7 Å². The number of hydrogen-bond donors (Lipinski definition) is 0. The van der Waals surface area contributed by atoms with E-state index in [-0.39, 0.29) is 6.42 Å². The SMILES string of the molecule is COC(=O)C(=O)CCCCc1ccccc1. The van der Waals surface area contributed by atoms with Crippen LogP contribution in [0.25, 0.3) is 0 Å². The van der Waals surface area contributed by atoms with Gasteiger partial charge in [-0.3, -0.25) is 4.79 Å². The Kier molecular flexibility index (Phi) is 5.26. The molecule has 3 nitrogen and oxygen atoms in total. The third-order valence-electron chi connectivity index (χ3n) is 2.38. The van der Waals surface area contributed by atoms with E-state index < -0.39 is 11.8 Å². The molecule has 3 heteroatoms. The number of Topliss-reactive ketones (excluding diaryl/α,β-unsaturated/α-hetero) is 1. The van der Waals surface area contributed by atoms with E-state index in [2.05, 4.69) is 16.9 Å². The summed E-state index contributed by atoms with van der Waals surface area (Å²) in [5, 5.41) is 0. The molecular weight excluding hydrogens is 204 g/mol. The number of benzene rings is 1. The summed E-state index contributed by atoms with van der Waals surface area (Å²) < 4.78 is 4.34. The second-order valence-corrected chi connectivity index (χ2v) is 3.61. The highest BCUT2D eigenvalue weighted by Crippen LogP contribution is 2.06. The third-order valence-corrected chi connectivity index (χ3v) is 2.38. The van der Waals surface area contributed by atoms with Crippen LogP contribution in [-0.4, -0.2) is 18.9 Å². The highest BCUT2D eigenvalue weighted by Gasteiger charge is 2.12. The first-order valence-electron chi connectivity index (χ1n) is 5.39. The first-order chi connectivity index (χ1) is 7.74. The lowest BCUT2D eigenvalue weighted by Crippen LogP contribution is -2.14. The van der Waals surface area contributed by atoms with E-state index in [4.69, 9.17) is 0 Å². The average molecular weight is 220 g/mol. The van der Waals surface area contributed by atoms with Crippen LogP contribution >= 0.6 is 0 Å². The fourth-order valence-electron chi connectivity index (χ4n) is 1.48. The lowest BCUT2D eigenvalue weighted by atomic mass is 10.1. The minimum atomic E-state index is -0.736. The van der Waals surface area contributed by atoms with E-state index in [0.717, 1.165) is 19.3 Å². The topological polar surface area (TPSA) is 43.4 Å². The minimum absolute atomic E-state index is 0.277. The van der Waals surface area contributed by atoms with E-state index >= 15 is 0 Å². The van der Waals surface area contributed by atoms with Crippen molar-refractivity contribution in [3.05, 3.63) is 35.9 Å². The zero-order valence-electron chi connectivity index (χ0n) is 9.44. The molecule has 0 saturated carbocycles. The van der Waals surface area contributed by atoms with Crippen molar-refractivity contribution in [2.24, 2.45) is 0 Å². The number of esters is 1. The van der Waals surface area contributed by atoms with Crippen LogP contribution in [0.2, 0.25) is 0 Å².